The summed E-state index contributed by atoms with van der Waals surface area (Å²) >= 11 is 0. The van der Waals surface area contributed by atoms with Crippen LogP contribution >= 0.6 is 29.7 Å². The van der Waals surface area contributed by atoms with Crippen LogP contribution in [0.15, 0.2) is 0 Å². The second kappa shape index (κ2) is 20.5. The average Bonchev–Trinajstić information content (AvgIpc) is 0. The van der Waals surface area contributed by atoms with Crippen LogP contribution < -0.4 is 0 Å². The van der Waals surface area contributed by atoms with Gasteiger partial charge >= 0.3 is 0 Å². The minimum Gasteiger partial charge on any atom is -0.153 e. The van der Waals surface area contributed by atoms with Gasteiger partial charge in [0.1, 0.15) is 0 Å². The van der Waals surface area contributed by atoms with E-state index in [0.29, 0.717) is 0 Å². The summed E-state index contributed by atoms with van der Waals surface area (Å²) in [6.07, 6.45) is 0. The normalized spacial score (nSPS) is 0. The first-order valence-corrected chi connectivity index (χ1v) is 0. The Bertz CT molecular complexity index is 3.25. The summed E-state index contributed by atoms with van der Waals surface area (Å²) in [5, 5.41) is 0. The molecule has 3 atom stereocenters. The van der Waals surface area contributed by atoms with Crippen molar-refractivity contribution in [3.8, 4) is 0 Å². The summed E-state index contributed by atoms with van der Waals surface area (Å²) in [6, 6.07) is 0. The fraction of sp³-hybridized carbons (Fsp3) is 0. The molecule has 4 heteroatoms. The minimum atomic E-state index is 0. The van der Waals surface area contributed by atoms with Crippen LogP contribution in [-0.4, -0.2) is 19.8 Å². The Morgan fingerprint density at radius 2 is 0.500 bits per heavy atom. The van der Waals surface area contributed by atoms with Crippen molar-refractivity contribution in [1.82, 2.24) is 0 Å². The zero-order chi connectivity index (χ0) is 0. The van der Waals surface area contributed by atoms with E-state index in [2.05, 4.69) is 0 Å². The van der Waals surface area contributed by atoms with Gasteiger partial charge in [0.25, 0.3) is 0 Å². The Morgan fingerprint density at radius 1 is 0.500 bits per heavy atom. The first-order valence-electron chi connectivity index (χ1n) is 0. The van der Waals surface area contributed by atoms with Crippen molar-refractivity contribution in [3.63, 3.8) is 0 Å². The molecule has 0 heterocycles. The quantitative estimate of drug-likeness (QED) is 0.350. The predicted molar refractivity (Wildman–Crippen MR) is 39.1 cm³/mol. The van der Waals surface area contributed by atoms with Crippen molar-refractivity contribution >= 4 is 49.5 Å². The van der Waals surface area contributed by atoms with Crippen molar-refractivity contribution in [1.29, 1.82) is 0 Å². The van der Waals surface area contributed by atoms with Crippen molar-refractivity contribution in [2.24, 2.45) is 0 Å². The van der Waals surface area contributed by atoms with Crippen molar-refractivity contribution in [2.75, 3.05) is 0 Å². The van der Waals surface area contributed by atoms with E-state index in [1.807, 2.05) is 0 Å². The van der Waals surface area contributed by atoms with Crippen LogP contribution in [0.4, 0.5) is 0 Å². The molecule has 0 aliphatic heterocycles. The van der Waals surface area contributed by atoms with Crippen LogP contribution in [0.1, 0.15) is 0 Å². The van der Waals surface area contributed by atoms with Crippen LogP contribution in [-0.2, 0) is 0 Å². The summed E-state index contributed by atoms with van der Waals surface area (Å²) < 4.78 is 0. The molecule has 0 spiro atoms. The van der Waals surface area contributed by atoms with Gasteiger partial charge in [-0.05, 0) is 0 Å². The first-order chi connectivity index (χ1) is 0. The van der Waals surface area contributed by atoms with Gasteiger partial charge in [-0.15, -0.1) is 0 Å². The zero-order valence-electron chi connectivity index (χ0n) is 2.70. The predicted octanol–water partition coefficient (Wildman–Crippen LogP) is -0.207. The molecule has 0 rings (SSSR count). The maximum absolute atomic E-state index is 0. The van der Waals surface area contributed by atoms with Crippen LogP contribution in [0.3, 0.4) is 0 Å². The number of hydrogen-bond donors (Lipinski definition) is 0. The van der Waals surface area contributed by atoms with Gasteiger partial charge < -0.3 is 0 Å². The van der Waals surface area contributed by atoms with Crippen LogP contribution in [0.5, 0.6) is 0 Å². The molecule has 0 N–H and O–H groups in total. The smallest absolute Gasteiger partial charge is 0 e. The van der Waals surface area contributed by atoms with E-state index >= 15 is 0 Å². The maximum atomic E-state index is 0. The molecule has 0 aromatic heterocycles. The fourth-order valence-corrected chi connectivity index (χ4v) is 0. The maximum Gasteiger partial charge on any atom is 0 e. The first kappa shape index (κ1) is 38.8. The minimum absolute atomic E-state index is 0. The molecular weight excluding hydrogens is 163 g/mol. The number of hydrogen-bond acceptors (Lipinski definition) is 0. The molecule has 3 radical (unpaired) electrons. The Hall–Kier alpha value is 1.93. The Balaban J connectivity index is 0. The Kier molecular flexibility index (Phi) is 198. The average molecular weight is 172 g/mol. The van der Waals surface area contributed by atoms with Gasteiger partial charge in [-0.1, -0.05) is 0 Å². The third-order valence-corrected chi connectivity index (χ3v) is 0. The molecule has 0 saturated heterocycles. The molecule has 0 fully saturated rings. The van der Waals surface area contributed by atoms with E-state index in [-0.39, 0.29) is 49.5 Å². The van der Waals surface area contributed by atoms with Crippen LogP contribution in [0.2, 0.25) is 0 Å². The fourth-order valence-electron chi connectivity index (χ4n) is 0. The third-order valence-electron chi connectivity index (χ3n) is 0. The van der Waals surface area contributed by atoms with E-state index in [1.165, 1.54) is 0 Å². The second-order valence-electron chi connectivity index (χ2n) is 0. The monoisotopic (exact) mass is 171 g/mol. The summed E-state index contributed by atoms with van der Waals surface area (Å²) in [4.78, 5) is 0. The molecule has 0 amide bonds. The van der Waals surface area contributed by atoms with Gasteiger partial charge in [-0.3, -0.25) is 0 Å². The molecule has 0 nitrogen and oxygen atoms in total. The molecular formula is H9GaP3. The van der Waals surface area contributed by atoms with Gasteiger partial charge in [-0.25, -0.2) is 0 Å². The van der Waals surface area contributed by atoms with Gasteiger partial charge in [0.2, 0.25) is 0 Å². The summed E-state index contributed by atoms with van der Waals surface area (Å²) in [6.45, 7) is 0. The van der Waals surface area contributed by atoms with Gasteiger partial charge in [0.05, 0.1) is 0 Å². The van der Waals surface area contributed by atoms with E-state index in [1.54, 1.807) is 0 Å². The summed E-state index contributed by atoms with van der Waals surface area (Å²) in [7, 11) is 0. The van der Waals surface area contributed by atoms with Crippen LogP contribution in [0, 0.1) is 0 Å². The van der Waals surface area contributed by atoms with Crippen molar-refractivity contribution < 1.29 is 0 Å². The molecule has 0 saturated carbocycles. The molecule has 0 aliphatic rings. The van der Waals surface area contributed by atoms with E-state index < -0.39 is 0 Å². The topological polar surface area (TPSA) is 0 Å². The van der Waals surface area contributed by atoms with E-state index in [9.17, 15) is 0 Å². The SMILES string of the molecule is P.P.P.[Ga]. The van der Waals surface area contributed by atoms with Gasteiger partial charge in [-0.2, -0.15) is 29.7 Å². The molecule has 0 aliphatic carbocycles. The molecule has 0 aromatic carbocycles. The Labute approximate surface area is 49.8 Å². The second-order valence-corrected chi connectivity index (χ2v) is 0. The van der Waals surface area contributed by atoms with Gasteiger partial charge in [0.15, 0.2) is 0 Å². The molecule has 0 bridgehead atoms. The van der Waals surface area contributed by atoms with Crippen molar-refractivity contribution in [2.45, 2.75) is 0 Å². The van der Waals surface area contributed by atoms with E-state index in [0.717, 1.165) is 0 Å². The van der Waals surface area contributed by atoms with Crippen molar-refractivity contribution in [3.05, 3.63) is 0 Å². The van der Waals surface area contributed by atoms with Crippen LogP contribution in [0.25, 0.3) is 0 Å². The Morgan fingerprint density at radius 3 is 0.500 bits per heavy atom. The van der Waals surface area contributed by atoms with Gasteiger partial charge in [0, 0.05) is 19.8 Å². The largest absolute Gasteiger partial charge is 0.153 e. The summed E-state index contributed by atoms with van der Waals surface area (Å²) in [5.41, 5.74) is 0. The molecule has 3 unspecified atom stereocenters. The number of rotatable bonds is 0. The molecule has 4 heavy (non-hydrogen) atoms. The molecule has 27 valence electrons. The zero-order valence-corrected chi connectivity index (χ0v) is 9.36. The molecule has 0 aromatic rings. The third kappa shape index (κ3) is 9.06. The summed E-state index contributed by atoms with van der Waals surface area (Å²) in [5.74, 6) is 0. The standard InChI is InChI=1S/Ga.3H3P/h;3*1H3. The van der Waals surface area contributed by atoms with E-state index in [4.69, 9.17) is 0 Å².